The molecule has 0 bridgehead atoms. The van der Waals surface area contributed by atoms with E-state index >= 15 is 0 Å². The van der Waals surface area contributed by atoms with Gasteiger partial charge >= 0.3 is 6.03 Å². The first-order valence-corrected chi connectivity index (χ1v) is 8.47. The molecule has 0 aromatic carbocycles. The monoisotopic (exact) mass is 297 g/mol. The molecular formula is C13H19N3O3S. The van der Waals surface area contributed by atoms with Crippen molar-refractivity contribution in [1.29, 1.82) is 0 Å². The van der Waals surface area contributed by atoms with Gasteiger partial charge in [0.25, 0.3) is 0 Å². The maximum atomic E-state index is 12.1. The highest BCUT2D eigenvalue weighted by Crippen LogP contribution is 2.17. The molecule has 1 aromatic heterocycles. The van der Waals surface area contributed by atoms with Gasteiger partial charge in [0.15, 0.2) is 14.9 Å². The lowest BCUT2D eigenvalue weighted by Gasteiger charge is -2.30. The first-order chi connectivity index (χ1) is 9.36. The number of rotatable bonds is 2. The lowest BCUT2D eigenvalue weighted by Crippen LogP contribution is -2.41. The number of urea groups is 1. The number of nitrogens with one attached hydrogen (secondary N) is 1. The third-order valence-electron chi connectivity index (χ3n) is 3.31. The van der Waals surface area contributed by atoms with Crippen molar-refractivity contribution in [3.63, 3.8) is 0 Å². The van der Waals surface area contributed by atoms with Gasteiger partial charge in [-0.25, -0.2) is 18.2 Å². The quantitative estimate of drug-likeness (QED) is 0.902. The number of anilines is 1. The Bertz CT molecular complexity index is 583. The first-order valence-electron chi connectivity index (χ1n) is 6.58. The predicted molar refractivity (Wildman–Crippen MR) is 76.3 cm³/mol. The number of sulfone groups is 1. The van der Waals surface area contributed by atoms with Gasteiger partial charge in [0, 0.05) is 19.3 Å². The Morgan fingerprint density at radius 3 is 2.75 bits per heavy atom. The van der Waals surface area contributed by atoms with Crippen LogP contribution in [0.15, 0.2) is 23.4 Å². The molecule has 1 saturated heterocycles. The predicted octanol–water partition coefficient (Wildman–Crippen LogP) is 1.75. The number of likely N-dealkylation sites (tertiary alicyclic amines) is 1. The van der Waals surface area contributed by atoms with E-state index in [9.17, 15) is 13.2 Å². The number of amides is 2. The van der Waals surface area contributed by atoms with E-state index in [4.69, 9.17) is 0 Å². The van der Waals surface area contributed by atoms with Crippen molar-refractivity contribution in [2.24, 2.45) is 5.92 Å². The molecule has 20 heavy (non-hydrogen) atoms. The van der Waals surface area contributed by atoms with Crippen molar-refractivity contribution in [2.75, 3.05) is 24.7 Å². The zero-order chi connectivity index (χ0) is 14.8. The fourth-order valence-corrected chi connectivity index (χ4v) is 2.81. The average molecular weight is 297 g/mol. The van der Waals surface area contributed by atoms with E-state index in [1.165, 1.54) is 12.3 Å². The number of aromatic nitrogens is 1. The number of piperidine rings is 1. The normalized spacial score (nSPS) is 19.7. The zero-order valence-electron chi connectivity index (χ0n) is 11.7. The van der Waals surface area contributed by atoms with E-state index in [-0.39, 0.29) is 11.1 Å². The van der Waals surface area contributed by atoms with E-state index in [2.05, 4.69) is 17.2 Å². The number of nitrogens with zero attached hydrogens (tertiary/aromatic N) is 2. The molecule has 2 rings (SSSR count). The molecule has 0 aliphatic carbocycles. The summed E-state index contributed by atoms with van der Waals surface area (Å²) in [7, 11) is -3.31. The van der Waals surface area contributed by atoms with Crippen molar-refractivity contribution in [3.05, 3.63) is 18.3 Å². The first kappa shape index (κ1) is 14.8. The van der Waals surface area contributed by atoms with Gasteiger partial charge in [-0.15, -0.1) is 0 Å². The van der Waals surface area contributed by atoms with E-state index in [0.29, 0.717) is 11.6 Å². The van der Waals surface area contributed by atoms with E-state index < -0.39 is 9.84 Å². The number of pyridine rings is 1. The number of hydrogen-bond donors (Lipinski definition) is 1. The van der Waals surface area contributed by atoms with Gasteiger partial charge in [0.1, 0.15) is 0 Å². The summed E-state index contributed by atoms with van der Waals surface area (Å²) in [4.78, 5) is 17.7. The summed E-state index contributed by atoms with van der Waals surface area (Å²) in [6.45, 7) is 3.63. The van der Waals surface area contributed by atoms with Crippen molar-refractivity contribution in [3.8, 4) is 0 Å². The summed E-state index contributed by atoms with van der Waals surface area (Å²) in [6, 6.07) is 2.78. The number of carbonyl (C=O) groups is 1. The minimum absolute atomic E-state index is 0.00194. The molecule has 2 amide bonds. The van der Waals surface area contributed by atoms with Gasteiger partial charge in [-0.2, -0.15) is 0 Å². The fourth-order valence-electron chi connectivity index (χ4n) is 2.25. The van der Waals surface area contributed by atoms with Crippen LogP contribution in [0, 0.1) is 5.92 Å². The molecule has 6 nitrogen and oxygen atoms in total. The molecule has 1 aliphatic rings. The van der Waals surface area contributed by atoms with Gasteiger partial charge in [-0.05, 0) is 30.9 Å². The summed E-state index contributed by atoms with van der Waals surface area (Å²) in [5.41, 5.74) is 0.501. The van der Waals surface area contributed by atoms with Crippen LogP contribution < -0.4 is 5.32 Å². The lowest BCUT2D eigenvalue weighted by molar-refractivity contribution is 0.182. The molecule has 0 spiro atoms. The second-order valence-corrected chi connectivity index (χ2v) is 7.24. The third kappa shape index (κ3) is 3.69. The van der Waals surface area contributed by atoms with E-state index in [1.807, 2.05) is 0 Å². The second-order valence-electron chi connectivity index (χ2n) is 5.28. The summed E-state index contributed by atoms with van der Waals surface area (Å²) in [5, 5.41) is 2.74. The number of carbonyl (C=O) groups excluding carboxylic acids is 1. The Morgan fingerprint density at radius 1 is 1.45 bits per heavy atom. The Kier molecular flexibility index (Phi) is 4.27. The highest BCUT2D eigenvalue weighted by Gasteiger charge is 2.21. The maximum Gasteiger partial charge on any atom is 0.321 e. The van der Waals surface area contributed by atoms with E-state index in [1.54, 1.807) is 11.0 Å². The molecule has 1 fully saturated rings. The highest BCUT2D eigenvalue weighted by molar-refractivity contribution is 7.90. The summed E-state index contributed by atoms with van der Waals surface area (Å²) >= 11 is 0. The molecular weight excluding hydrogens is 278 g/mol. The van der Waals surface area contributed by atoms with Gasteiger partial charge in [-0.3, -0.25) is 0 Å². The van der Waals surface area contributed by atoms with Gasteiger partial charge in [0.05, 0.1) is 11.9 Å². The molecule has 0 saturated carbocycles. The average Bonchev–Trinajstić information content (AvgIpc) is 2.38. The van der Waals surface area contributed by atoms with Crippen LogP contribution in [0.3, 0.4) is 0 Å². The lowest BCUT2D eigenvalue weighted by atomic mass is 10.0. The molecule has 1 aliphatic heterocycles. The Morgan fingerprint density at radius 2 is 2.20 bits per heavy atom. The molecule has 1 atom stereocenters. The van der Waals surface area contributed by atoms with Crippen LogP contribution in [0.4, 0.5) is 10.5 Å². The molecule has 7 heteroatoms. The standard InChI is InChI=1S/C13H19N3O3S/c1-10-4-3-7-16(9-10)13(17)15-11-5-6-12(14-8-11)20(2,18)19/h5-6,8,10H,3-4,7,9H2,1-2H3,(H,15,17). The van der Waals surface area contributed by atoms with Crippen LogP contribution in [0.2, 0.25) is 0 Å². The topological polar surface area (TPSA) is 79.4 Å². The molecule has 2 heterocycles. The smallest absolute Gasteiger partial charge is 0.321 e. The zero-order valence-corrected chi connectivity index (χ0v) is 12.5. The minimum Gasteiger partial charge on any atom is -0.324 e. The summed E-state index contributed by atoms with van der Waals surface area (Å²) < 4.78 is 22.6. The molecule has 1 N–H and O–H groups in total. The van der Waals surface area contributed by atoms with Gasteiger partial charge < -0.3 is 10.2 Å². The van der Waals surface area contributed by atoms with Crippen LogP contribution in [-0.2, 0) is 9.84 Å². The Hall–Kier alpha value is -1.63. The highest BCUT2D eigenvalue weighted by atomic mass is 32.2. The largest absolute Gasteiger partial charge is 0.324 e. The molecule has 1 aromatic rings. The molecule has 1 unspecified atom stereocenters. The fraction of sp³-hybridized carbons (Fsp3) is 0.538. The van der Waals surface area contributed by atoms with Crippen molar-refractivity contribution >= 4 is 21.6 Å². The summed E-state index contributed by atoms with van der Waals surface area (Å²) in [6.07, 6.45) is 4.62. The number of hydrogen-bond acceptors (Lipinski definition) is 4. The van der Waals surface area contributed by atoms with Crippen LogP contribution >= 0.6 is 0 Å². The third-order valence-corrected chi connectivity index (χ3v) is 4.31. The van der Waals surface area contributed by atoms with Crippen LogP contribution in [0.25, 0.3) is 0 Å². The molecule has 0 radical (unpaired) electrons. The Labute approximate surface area is 119 Å². The minimum atomic E-state index is -3.31. The van der Waals surface area contributed by atoms with Crippen LogP contribution in [0.5, 0.6) is 0 Å². The van der Waals surface area contributed by atoms with E-state index in [0.717, 1.165) is 32.2 Å². The van der Waals surface area contributed by atoms with Crippen LogP contribution in [-0.4, -0.2) is 43.7 Å². The van der Waals surface area contributed by atoms with Crippen molar-refractivity contribution < 1.29 is 13.2 Å². The van der Waals surface area contributed by atoms with Gasteiger partial charge in [0.2, 0.25) is 0 Å². The molecule has 110 valence electrons. The van der Waals surface area contributed by atoms with Gasteiger partial charge in [-0.1, -0.05) is 6.92 Å². The second kappa shape index (κ2) is 5.78. The van der Waals surface area contributed by atoms with Crippen LogP contribution in [0.1, 0.15) is 19.8 Å². The maximum absolute atomic E-state index is 12.1. The van der Waals surface area contributed by atoms with Crippen molar-refractivity contribution in [2.45, 2.75) is 24.8 Å². The SMILES string of the molecule is CC1CCCN(C(=O)Nc2ccc(S(C)(=O)=O)nc2)C1. The van der Waals surface area contributed by atoms with Crippen molar-refractivity contribution in [1.82, 2.24) is 9.88 Å². The Balaban J connectivity index is 2.01. The summed E-state index contributed by atoms with van der Waals surface area (Å²) in [5.74, 6) is 0.514.